The van der Waals surface area contributed by atoms with Crippen molar-refractivity contribution in [3.8, 4) is 11.5 Å². The third-order valence-corrected chi connectivity index (χ3v) is 2.21. The van der Waals surface area contributed by atoms with Crippen LogP contribution in [0.5, 0.6) is 11.5 Å². The molecule has 0 aromatic heterocycles. The number of hydrogen-bond acceptors (Lipinski definition) is 2. The van der Waals surface area contributed by atoms with Crippen LogP contribution in [0.3, 0.4) is 0 Å². The fourth-order valence-electron chi connectivity index (χ4n) is 1.46. The van der Waals surface area contributed by atoms with E-state index in [1.807, 2.05) is 25.1 Å². The topological polar surface area (TPSA) is 18.5 Å². The average molecular weight is 192 g/mol. The number of methoxy groups -OCH3 is 2. The van der Waals surface area contributed by atoms with Crippen LogP contribution in [-0.2, 0) is 6.42 Å². The zero-order chi connectivity index (χ0) is 10.6. The van der Waals surface area contributed by atoms with Gasteiger partial charge in [0.05, 0.1) is 14.2 Å². The smallest absolute Gasteiger partial charge is 0.126 e. The van der Waals surface area contributed by atoms with Crippen molar-refractivity contribution in [2.45, 2.75) is 13.3 Å². The molecule has 76 valence electrons. The maximum absolute atomic E-state index is 5.29. The first kappa shape index (κ1) is 10.6. The van der Waals surface area contributed by atoms with E-state index in [1.54, 1.807) is 14.2 Å². The van der Waals surface area contributed by atoms with Gasteiger partial charge in [-0.15, -0.1) is 6.58 Å². The molecule has 0 saturated carbocycles. The summed E-state index contributed by atoms with van der Waals surface area (Å²) < 4.78 is 10.5. The standard InChI is InChI=1S/C12H16O2/c1-5-6-11-9(2)7-10(13-3)8-12(11)14-4/h5,7-8H,1,6H2,2-4H3. The lowest BCUT2D eigenvalue weighted by molar-refractivity contribution is 0.391. The van der Waals surface area contributed by atoms with Gasteiger partial charge in [0, 0.05) is 11.6 Å². The molecule has 0 aliphatic rings. The summed E-state index contributed by atoms with van der Waals surface area (Å²) in [5, 5.41) is 0. The van der Waals surface area contributed by atoms with Gasteiger partial charge in [0.25, 0.3) is 0 Å². The van der Waals surface area contributed by atoms with Gasteiger partial charge in [-0.25, -0.2) is 0 Å². The van der Waals surface area contributed by atoms with Crippen molar-refractivity contribution in [1.82, 2.24) is 0 Å². The molecule has 2 nitrogen and oxygen atoms in total. The second-order valence-electron chi connectivity index (χ2n) is 3.12. The van der Waals surface area contributed by atoms with Gasteiger partial charge in [0.15, 0.2) is 0 Å². The normalized spacial score (nSPS) is 9.64. The second-order valence-corrected chi connectivity index (χ2v) is 3.12. The molecule has 0 fully saturated rings. The van der Waals surface area contributed by atoms with E-state index in [1.165, 1.54) is 11.1 Å². The fourth-order valence-corrected chi connectivity index (χ4v) is 1.46. The molecule has 14 heavy (non-hydrogen) atoms. The summed E-state index contributed by atoms with van der Waals surface area (Å²) in [6, 6.07) is 3.90. The molecule has 1 aromatic carbocycles. The van der Waals surface area contributed by atoms with Crippen LogP contribution in [0.25, 0.3) is 0 Å². The summed E-state index contributed by atoms with van der Waals surface area (Å²) in [7, 11) is 3.32. The monoisotopic (exact) mass is 192 g/mol. The van der Waals surface area contributed by atoms with E-state index in [9.17, 15) is 0 Å². The highest BCUT2D eigenvalue weighted by Crippen LogP contribution is 2.28. The minimum atomic E-state index is 0.818. The summed E-state index contributed by atoms with van der Waals surface area (Å²) in [5.41, 5.74) is 2.34. The van der Waals surface area contributed by atoms with E-state index < -0.39 is 0 Å². The first-order chi connectivity index (χ1) is 6.72. The van der Waals surface area contributed by atoms with E-state index in [4.69, 9.17) is 9.47 Å². The minimum Gasteiger partial charge on any atom is -0.497 e. The van der Waals surface area contributed by atoms with Gasteiger partial charge < -0.3 is 9.47 Å². The molecule has 0 radical (unpaired) electrons. The van der Waals surface area contributed by atoms with E-state index in [0.29, 0.717) is 0 Å². The number of benzene rings is 1. The molecular formula is C12H16O2. The maximum Gasteiger partial charge on any atom is 0.126 e. The number of hydrogen-bond donors (Lipinski definition) is 0. The largest absolute Gasteiger partial charge is 0.497 e. The molecule has 0 unspecified atom stereocenters. The molecule has 0 spiro atoms. The molecule has 1 aromatic rings. The van der Waals surface area contributed by atoms with Crippen molar-refractivity contribution < 1.29 is 9.47 Å². The molecule has 0 heterocycles. The van der Waals surface area contributed by atoms with E-state index in [-0.39, 0.29) is 0 Å². The molecule has 0 aliphatic carbocycles. The Bertz CT molecular complexity index is 329. The third-order valence-electron chi connectivity index (χ3n) is 2.21. The van der Waals surface area contributed by atoms with Crippen LogP contribution in [0.15, 0.2) is 24.8 Å². The Kier molecular flexibility index (Phi) is 3.57. The third kappa shape index (κ3) is 2.08. The van der Waals surface area contributed by atoms with Crippen molar-refractivity contribution >= 4 is 0 Å². The van der Waals surface area contributed by atoms with E-state index in [2.05, 4.69) is 6.58 Å². The molecule has 2 heteroatoms. The molecule has 0 amide bonds. The lowest BCUT2D eigenvalue weighted by atomic mass is 10.0. The molecule has 0 aliphatic heterocycles. The highest BCUT2D eigenvalue weighted by molar-refractivity contribution is 5.46. The number of ether oxygens (including phenoxy) is 2. The van der Waals surface area contributed by atoms with Gasteiger partial charge in [-0.1, -0.05) is 6.08 Å². The van der Waals surface area contributed by atoms with Crippen molar-refractivity contribution in [2.24, 2.45) is 0 Å². The second kappa shape index (κ2) is 4.70. The van der Waals surface area contributed by atoms with Crippen LogP contribution in [0.4, 0.5) is 0 Å². The van der Waals surface area contributed by atoms with Crippen LogP contribution in [-0.4, -0.2) is 14.2 Å². The first-order valence-electron chi connectivity index (χ1n) is 4.55. The summed E-state index contributed by atoms with van der Waals surface area (Å²) >= 11 is 0. The van der Waals surface area contributed by atoms with Crippen molar-refractivity contribution in [1.29, 1.82) is 0 Å². The van der Waals surface area contributed by atoms with Gasteiger partial charge in [-0.05, 0) is 25.0 Å². The van der Waals surface area contributed by atoms with Gasteiger partial charge in [-0.3, -0.25) is 0 Å². The molecular weight excluding hydrogens is 176 g/mol. The Morgan fingerprint density at radius 1 is 1.29 bits per heavy atom. The van der Waals surface area contributed by atoms with Crippen molar-refractivity contribution in [3.05, 3.63) is 35.9 Å². The molecule has 0 atom stereocenters. The van der Waals surface area contributed by atoms with Gasteiger partial charge in [0.2, 0.25) is 0 Å². The van der Waals surface area contributed by atoms with Crippen molar-refractivity contribution in [3.63, 3.8) is 0 Å². The predicted molar refractivity (Wildman–Crippen MR) is 58.2 cm³/mol. The van der Waals surface area contributed by atoms with Gasteiger partial charge >= 0.3 is 0 Å². The fraction of sp³-hybridized carbons (Fsp3) is 0.333. The van der Waals surface area contributed by atoms with E-state index in [0.717, 1.165) is 17.9 Å². The van der Waals surface area contributed by atoms with Crippen LogP contribution >= 0.6 is 0 Å². The number of aryl methyl sites for hydroxylation is 1. The zero-order valence-corrected chi connectivity index (χ0v) is 8.96. The van der Waals surface area contributed by atoms with Crippen LogP contribution in [0, 0.1) is 6.92 Å². The quantitative estimate of drug-likeness (QED) is 0.683. The predicted octanol–water partition coefficient (Wildman–Crippen LogP) is 2.74. The van der Waals surface area contributed by atoms with Crippen molar-refractivity contribution in [2.75, 3.05) is 14.2 Å². The lowest BCUT2D eigenvalue weighted by Gasteiger charge is -2.12. The summed E-state index contributed by atoms with van der Waals surface area (Å²) in [5.74, 6) is 1.69. The Morgan fingerprint density at radius 3 is 2.50 bits per heavy atom. The number of rotatable bonds is 4. The SMILES string of the molecule is C=CCc1c(C)cc(OC)cc1OC. The van der Waals surface area contributed by atoms with Crippen LogP contribution in [0.1, 0.15) is 11.1 Å². The molecule has 0 bridgehead atoms. The maximum atomic E-state index is 5.29. The average Bonchev–Trinajstić information content (AvgIpc) is 2.20. The Balaban J connectivity index is 3.19. The summed E-state index contributed by atoms with van der Waals surface area (Å²) in [4.78, 5) is 0. The highest BCUT2D eigenvalue weighted by Gasteiger charge is 2.07. The lowest BCUT2D eigenvalue weighted by Crippen LogP contribution is -1.96. The molecule has 0 N–H and O–H groups in total. The summed E-state index contributed by atoms with van der Waals surface area (Å²) in [6.45, 7) is 5.77. The van der Waals surface area contributed by atoms with Crippen LogP contribution < -0.4 is 9.47 Å². The highest BCUT2D eigenvalue weighted by atomic mass is 16.5. The number of allylic oxidation sites excluding steroid dienone is 1. The Morgan fingerprint density at radius 2 is 2.00 bits per heavy atom. The van der Waals surface area contributed by atoms with Gasteiger partial charge in [0.1, 0.15) is 11.5 Å². The first-order valence-corrected chi connectivity index (χ1v) is 4.55. The van der Waals surface area contributed by atoms with E-state index >= 15 is 0 Å². The zero-order valence-electron chi connectivity index (χ0n) is 8.96. The molecule has 0 saturated heterocycles. The van der Waals surface area contributed by atoms with Crippen LogP contribution in [0.2, 0.25) is 0 Å². The Hall–Kier alpha value is -1.44. The summed E-state index contributed by atoms with van der Waals surface area (Å²) in [6.07, 6.45) is 2.69. The molecule has 1 rings (SSSR count). The minimum absolute atomic E-state index is 0.818. The van der Waals surface area contributed by atoms with Gasteiger partial charge in [-0.2, -0.15) is 0 Å². The Labute approximate surface area is 85.2 Å².